The lowest BCUT2D eigenvalue weighted by Crippen LogP contribution is -2.17. The van der Waals surface area contributed by atoms with Gasteiger partial charge in [0.2, 0.25) is 5.91 Å². The summed E-state index contributed by atoms with van der Waals surface area (Å²) in [6.45, 7) is 0. The number of thioether (sulfide) groups is 1. The van der Waals surface area contributed by atoms with Crippen LogP contribution in [0.4, 0.5) is 23.2 Å². The van der Waals surface area contributed by atoms with E-state index >= 15 is 0 Å². The highest BCUT2D eigenvalue weighted by molar-refractivity contribution is 7.99. The predicted octanol–water partition coefficient (Wildman–Crippen LogP) is 4.17. The lowest BCUT2D eigenvalue weighted by molar-refractivity contribution is -0.274. The zero-order valence-electron chi connectivity index (χ0n) is 15.6. The number of alkyl halides is 3. The first-order chi connectivity index (χ1) is 14.2. The number of anilines is 1. The van der Waals surface area contributed by atoms with Crippen LogP contribution in [0, 0.1) is 5.82 Å². The molecule has 158 valence electrons. The van der Waals surface area contributed by atoms with E-state index in [4.69, 9.17) is 0 Å². The maximum atomic E-state index is 13.0. The van der Waals surface area contributed by atoms with Gasteiger partial charge in [-0.3, -0.25) is 4.79 Å². The average Bonchev–Trinajstić information content (AvgIpc) is 3.02. The van der Waals surface area contributed by atoms with Gasteiger partial charge in [0.25, 0.3) is 0 Å². The van der Waals surface area contributed by atoms with Crippen molar-refractivity contribution in [1.29, 1.82) is 0 Å². The molecule has 1 aromatic heterocycles. The van der Waals surface area contributed by atoms with Gasteiger partial charge in [-0.2, -0.15) is 0 Å². The fourth-order valence-corrected chi connectivity index (χ4v) is 3.21. The summed E-state index contributed by atoms with van der Waals surface area (Å²) in [7, 11) is 1.76. The Bertz CT molecular complexity index is 1000. The Labute approximate surface area is 173 Å². The van der Waals surface area contributed by atoms with Crippen LogP contribution in [-0.4, -0.2) is 32.8 Å². The second kappa shape index (κ2) is 9.16. The number of benzene rings is 2. The number of nitrogens with one attached hydrogen (secondary N) is 1. The molecule has 3 rings (SSSR count). The lowest BCUT2D eigenvalue weighted by atomic mass is 10.1. The van der Waals surface area contributed by atoms with Crippen molar-refractivity contribution in [2.24, 2.45) is 7.05 Å². The summed E-state index contributed by atoms with van der Waals surface area (Å²) in [4.78, 5) is 12.1. The van der Waals surface area contributed by atoms with Crippen LogP contribution in [0.3, 0.4) is 0 Å². The van der Waals surface area contributed by atoms with E-state index in [1.54, 1.807) is 23.7 Å². The van der Waals surface area contributed by atoms with Crippen molar-refractivity contribution in [3.63, 3.8) is 0 Å². The van der Waals surface area contributed by atoms with Crippen LogP contribution in [0.25, 0.3) is 0 Å². The fourth-order valence-electron chi connectivity index (χ4n) is 2.48. The molecule has 0 saturated carbocycles. The van der Waals surface area contributed by atoms with E-state index < -0.39 is 6.36 Å². The molecule has 0 unspecified atom stereocenters. The molecule has 0 aliphatic heterocycles. The first-order valence-electron chi connectivity index (χ1n) is 8.61. The van der Waals surface area contributed by atoms with Gasteiger partial charge in [0.15, 0.2) is 5.16 Å². The lowest BCUT2D eigenvalue weighted by Gasteiger charge is -2.10. The van der Waals surface area contributed by atoms with Crippen molar-refractivity contribution in [2.45, 2.75) is 17.9 Å². The Kier molecular flexibility index (Phi) is 6.60. The van der Waals surface area contributed by atoms with E-state index in [9.17, 15) is 22.4 Å². The second-order valence-corrected chi connectivity index (χ2v) is 7.11. The zero-order valence-corrected chi connectivity index (χ0v) is 16.4. The van der Waals surface area contributed by atoms with Gasteiger partial charge in [-0.15, -0.1) is 23.4 Å². The van der Waals surface area contributed by atoms with Gasteiger partial charge in [-0.05, 0) is 42.0 Å². The third-order valence-corrected chi connectivity index (χ3v) is 4.92. The topological polar surface area (TPSA) is 69.0 Å². The van der Waals surface area contributed by atoms with E-state index in [2.05, 4.69) is 20.3 Å². The number of nitrogens with zero attached hydrogens (tertiary/aromatic N) is 3. The molecule has 6 nitrogen and oxygen atoms in total. The predicted molar refractivity (Wildman–Crippen MR) is 103 cm³/mol. The van der Waals surface area contributed by atoms with Crippen molar-refractivity contribution in [1.82, 2.24) is 14.8 Å². The van der Waals surface area contributed by atoms with E-state index in [0.29, 0.717) is 23.1 Å². The largest absolute Gasteiger partial charge is 0.573 e. The van der Waals surface area contributed by atoms with Crippen LogP contribution in [0.15, 0.2) is 53.7 Å². The minimum absolute atomic E-state index is 0.0311. The number of rotatable bonds is 7. The summed E-state index contributed by atoms with van der Waals surface area (Å²) in [5.41, 5.74) is 1.21. The number of aromatic nitrogens is 3. The number of amides is 1. The molecule has 1 N–H and O–H groups in total. The van der Waals surface area contributed by atoms with Crippen LogP contribution < -0.4 is 10.1 Å². The fraction of sp³-hybridized carbons (Fsp3) is 0.211. The van der Waals surface area contributed by atoms with Crippen LogP contribution in [0.1, 0.15) is 11.4 Å². The highest BCUT2D eigenvalue weighted by Crippen LogP contribution is 2.24. The summed E-state index contributed by atoms with van der Waals surface area (Å²) >= 11 is 1.16. The minimum atomic E-state index is -4.77. The first kappa shape index (κ1) is 21.6. The van der Waals surface area contributed by atoms with Crippen LogP contribution in [-0.2, 0) is 18.3 Å². The monoisotopic (exact) mass is 440 g/mol. The third kappa shape index (κ3) is 6.21. The second-order valence-electron chi connectivity index (χ2n) is 6.17. The summed E-state index contributed by atoms with van der Waals surface area (Å²) < 4.78 is 55.0. The molecule has 0 radical (unpaired) electrons. The van der Waals surface area contributed by atoms with Crippen LogP contribution >= 0.6 is 11.8 Å². The smallest absolute Gasteiger partial charge is 0.406 e. The Morgan fingerprint density at radius 3 is 2.40 bits per heavy atom. The molecule has 0 aliphatic carbocycles. The molecular weight excluding hydrogens is 424 g/mol. The summed E-state index contributed by atoms with van der Waals surface area (Å²) in [5, 5.41) is 11.3. The van der Waals surface area contributed by atoms with Gasteiger partial charge < -0.3 is 14.6 Å². The van der Waals surface area contributed by atoms with Gasteiger partial charge in [0, 0.05) is 19.2 Å². The summed E-state index contributed by atoms with van der Waals surface area (Å²) in [6, 6.07) is 10.9. The highest BCUT2D eigenvalue weighted by Gasteiger charge is 2.30. The van der Waals surface area contributed by atoms with Crippen LogP contribution in [0.5, 0.6) is 5.75 Å². The molecule has 30 heavy (non-hydrogen) atoms. The Morgan fingerprint density at radius 1 is 1.10 bits per heavy atom. The molecule has 0 saturated heterocycles. The number of halogens is 4. The molecule has 11 heteroatoms. The molecule has 0 bridgehead atoms. The number of carbonyl (C=O) groups excluding carboxylic acids is 1. The van der Waals surface area contributed by atoms with Crippen LogP contribution in [0.2, 0.25) is 0 Å². The van der Waals surface area contributed by atoms with Crippen molar-refractivity contribution in [3.8, 4) is 5.75 Å². The number of hydrogen-bond donors (Lipinski definition) is 1. The van der Waals surface area contributed by atoms with Gasteiger partial charge >= 0.3 is 6.36 Å². The highest BCUT2D eigenvalue weighted by atomic mass is 32.2. The maximum absolute atomic E-state index is 13.0. The number of carbonyl (C=O) groups is 1. The van der Waals surface area contributed by atoms with E-state index in [-0.39, 0.29) is 23.2 Å². The molecule has 3 aromatic rings. The molecule has 0 aliphatic rings. The van der Waals surface area contributed by atoms with Gasteiger partial charge in [0.1, 0.15) is 17.4 Å². The molecular formula is C19H16F4N4O2S. The summed E-state index contributed by atoms with van der Waals surface area (Å²) in [6.07, 6.45) is -4.31. The molecule has 2 aromatic carbocycles. The maximum Gasteiger partial charge on any atom is 0.573 e. The van der Waals surface area contributed by atoms with Gasteiger partial charge in [-0.25, -0.2) is 4.39 Å². The van der Waals surface area contributed by atoms with Crippen molar-refractivity contribution >= 4 is 23.4 Å². The number of ether oxygens (including phenoxy) is 1. The first-order valence-corrected chi connectivity index (χ1v) is 9.59. The zero-order chi connectivity index (χ0) is 21.7. The molecule has 0 fully saturated rings. The van der Waals surface area contributed by atoms with Crippen molar-refractivity contribution in [2.75, 3.05) is 11.1 Å². The SMILES string of the molecule is Cn1c(Cc2ccc(F)cc2)nnc1SCC(=O)Nc1ccc(OC(F)(F)F)cc1. The third-order valence-electron chi connectivity index (χ3n) is 3.90. The standard InChI is InChI=1S/C19H16F4N4O2S/c1-27-16(10-12-2-4-13(20)5-3-12)25-26-18(27)30-11-17(28)24-14-6-8-15(9-7-14)29-19(21,22)23/h2-9H,10-11H2,1H3,(H,24,28). The minimum Gasteiger partial charge on any atom is -0.406 e. The summed E-state index contributed by atoms with van der Waals surface area (Å²) in [5.74, 6) is -0.356. The quantitative estimate of drug-likeness (QED) is 0.441. The molecule has 0 spiro atoms. The Balaban J connectivity index is 1.52. The Hall–Kier alpha value is -3.08. The molecule has 1 heterocycles. The van der Waals surface area contributed by atoms with Crippen molar-refractivity contribution < 1.29 is 27.1 Å². The van der Waals surface area contributed by atoms with Gasteiger partial charge in [-0.1, -0.05) is 23.9 Å². The van der Waals surface area contributed by atoms with Gasteiger partial charge in [0.05, 0.1) is 5.75 Å². The van der Waals surface area contributed by atoms with E-state index in [1.165, 1.54) is 24.3 Å². The molecule has 0 atom stereocenters. The Morgan fingerprint density at radius 2 is 1.77 bits per heavy atom. The average molecular weight is 440 g/mol. The molecule has 1 amide bonds. The van der Waals surface area contributed by atoms with E-state index in [0.717, 1.165) is 29.5 Å². The number of hydrogen-bond acceptors (Lipinski definition) is 5. The van der Waals surface area contributed by atoms with Crippen molar-refractivity contribution in [3.05, 3.63) is 65.7 Å². The van der Waals surface area contributed by atoms with E-state index in [1.807, 2.05) is 0 Å². The normalized spacial score (nSPS) is 11.4.